The molecule has 0 spiro atoms. The highest BCUT2D eigenvalue weighted by Gasteiger charge is 2.26. The van der Waals surface area contributed by atoms with Gasteiger partial charge in [-0.25, -0.2) is 9.78 Å². The molecule has 2 N–H and O–H groups in total. The number of anilines is 1. The second kappa shape index (κ2) is 6.93. The normalized spacial score (nSPS) is 12.8. The Morgan fingerprint density at radius 1 is 1.24 bits per heavy atom. The van der Waals surface area contributed by atoms with Crippen LogP contribution in [0, 0.1) is 5.41 Å². The topological polar surface area (TPSA) is 71.8 Å². The quantitative estimate of drug-likeness (QED) is 0.763. The molecule has 0 aliphatic carbocycles. The molecule has 0 bridgehead atoms. The summed E-state index contributed by atoms with van der Waals surface area (Å²) in [5.41, 5.74) is 1.56. The molecule has 0 aliphatic heterocycles. The number of fused-ring (bicyclic) bond motifs is 1. The molecular formula is C19H23N5O. The van der Waals surface area contributed by atoms with Crippen molar-refractivity contribution in [2.75, 3.05) is 5.32 Å². The number of benzene rings is 1. The molecular weight excluding hydrogens is 314 g/mol. The van der Waals surface area contributed by atoms with Gasteiger partial charge in [0.2, 0.25) is 0 Å². The van der Waals surface area contributed by atoms with Crippen molar-refractivity contribution in [3.05, 3.63) is 55.2 Å². The summed E-state index contributed by atoms with van der Waals surface area (Å²) >= 11 is 0. The van der Waals surface area contributed by atoms with Crippen LogP contribution in [0.5, 0.6) is 0 Å². The third-order valence-electron chi connectivity index (χ3n) is 4.16. The zero-order valence-electron chi connectivity index (χ0n) is 14.7. The van der Waals surface area contributed by atoms with Gasteiger partial charge in [-0.05, 0) is 29.7 Å². The van der Waals surface area contributed by atoms with Crippen molar-refractivity contribution in [3.63, 3.8) is 0 Å². The molecule has 1 unspecified atom stereocenters. The molecule has 2 aromatic heterocycles. The predicted molar refractivity (Wildman–Crippen MR) is 99.4 cm³/mol. The molecule has 0 saturated heterocycles. The van der Waals surface area contributed by atoms with E-state index in [1.807, 2.05) is 41.1 Å². The van der Waals surface area contributed by atoms with Gasteiger partial charge >= 0.3 is 6.03 Å². The van der Waals surface area contributed by atoms with Crippen molar-refractivity contribution < 1.29 is 4.79 Å². The van der Waals surface area contributed by atoms with E-state index in [9.17, 15) is 4.79 Å². The number of aromatic nitrogens is 3. The second-order valence-corrected chi connectivity index (χ2v) is 7.19. The smallest absolute Gasteiger partial charge is 0.319 e. The number of hydrogen-bond donors (Lipinski definition) is 2. The summed E-state index contributed by atoms with van der Waals surface area (Å²) in [7, 11) is 0. The summed E-state index contributed by atoms with van der Waals surface area (Å²) in [6.07, 6.45) is 7.15. The van der Waals surface area contributed by atoms with Crippen LogP contribution >= 0.6 is 0 Å². The lowest BCUT2D eigenvalue weighted by Gasteiger charge is -2.31. The number of hydrogen-bond acceptors (Lipinski definition) is 3. The summed E-state index contributed by atoms with van der Waals surface area (Å²) in [6, 6.07) is 9.28. The van der Waals surface area contributed by atoms with Crippen LogP contribution in [0.1, 0.15) is 20.8 Å². The molecule has 0 saturated carbocycles. The summed E-state index contributed by atoms with van der Waals surface area (Å²) in [6.45, 7) is 6.99. The van der Waals surface area contributed by atoms with Crippen LogP contribution in [-0.4, -0.2) is 26.6 Å². The van der Waals surface area contributed by atoms with Gasteiger partial charge in [-0.3, -0.25) is 4.98 Å². The van der Waals surface area contributed by atoms with Crippen LogP contribution in [0.3, 0.4) is 0 Å². The van der Waals surface area contributed by atoms with Crippen molar-refractivity contribution in [1.82, 2.24) is 19.9 Å². The van der Waals surface area contributed by atoms with Crippen molar-refractivity contribution in [3.8, 4) is 0 Å². The van der Waals surface area contributed by atoms with Gasteiger partial charge in [-0.15, -0.1) is 0 Å². The van der Waals surface area contributed by atoms with E-state index in [1.165, 1.54) is 0 Å². The standard InChI is InChI=1S/C19H23N5O/c1-19(2,3)17(12-24-10-9-20-13-24)23-18(25)22-15-6-7-16-14(11-15)5-4-8-21-16/h4-11,13,17H,12H2,1-3H3,(H2,22,23,25). The average Bonchev–Trinajstić information content (AvgIpc) is 3.06. The Labute approximate surface area is 147 Å². The van der Waals surface area contributed by atoms with Crippen LogP contribution in [0.25, 0.3) is 10.9 Å². The Hall–Kier alpha value is -2.89. The van der Waals surface area contributed by atoms with Gasteiger partial charge in [0.15, 0.2) is 0 Å². The number of urea groups is 1. The highest BCUT2D eigenvalue weighted by atomic mass is 16.2. The molecule has 0 aliphatic rings. The van der Waals surface area contributed by atoms with E-state index >= 15 is 0 Å². The highest BCUT2D eigenvalue weighted by Crippen LogP contribution is 2.21. The molecule has 1 aromatic carbocycles. The van der Waals surface area contributed by atoms with E-state index in [1.54, 1.807) is 18.7 Å². The fraction of sp³-hybridized carbons (Fsp3) is 0.316. The lowest BCUT2D eigenvalue weighted by molar-refractivity contribution is 0.219. The van der Waals surface area contributed by atoms with E-state index in [0.717, 1.165) is 16.6 Å². The third kappa shape index (κ3) is 4.35. The Morgan fingerprint density at radius 2 is 2.08 bits per heavy atom. The largest absolute Gasteiger partial charge is 0.335 e. The van der Waals surface area contributed by atoms with Gasteiger partial charge in [0.1, 0.15) is 0 Å². The number of imidazole rings is 1. The molecule has 130 valence electrons. The molecule has 0 radical (unpaired) electrons. The summed E-state index contributed by atoms with van der Waals surface area (Å²) in [5, 5.41) is 6.98. The number of amides is 2. The molecule has 3 rings (SSSR count). The number of pyridine rings is 1. The van der Waals surface area contributed by atoms with Crippen molar-refractivity contribution >= 4 is 22.6 Å². The molecule has 2 heterocycles. The van der Waals surface area contributed by atoms with E-state index in [4.69, 9.17) is 0 Å². The second-order valence-electron chi connectivity index (χ2n) is 7.19. The fourth-order valence-corrected chi connectivity index (χ4v) is 2.62. The van der Waals surface area contributed by atoms with E-state index in [0.29, 0.717) is 6.54 Å². The Bertz CT molecular complexity index is 852. The van der Waals surface area contributed by atoms with E-state index < -0.39 is 0 Å². The first-order chi connectivity index (χ1) is 11.9. The van der Waals surface area contributed by atoms with Gasteiger partial charge < -0.3 is 15.2 Å². The number of rotatable bonds is 4. The first-order valence-electron chi connectivity index (χ1n) is 8.30. The highest BCUT2D eigenvalue weighted by molar-refractivity contribution is 5.92. The summed E-state index contributed by atoms with van der Waals surface area (Å²) < 4.78 is 1.97. The Morgan fingerprint density at radius 3 is 2.80 bits per heavy atom. The lowest BCUT2D eigenvalue weighted by atomic mass is 9.86. The number of carbonyl (C=O) groups excluding carboxylic acids is 1. The van der Waals surface area contributed by atoms with Crippen LogP contribution in [0.2, 0.25) is 0 Å². The molecule has 6 nitrogen and oxygen atoms in total. The predicted octanol–water partition coefficient (Wildman–Crippen LogP) is 3.67. The van der Waals surface area contributed by atoms with Gasteiger partial charge in [-0.2, -0.15) is 0 Å². The van der Waals surface area contributed by atoms with Gasteiger partial charge in [-0.1, -0.05) is 26.8 Å². The number of carbonyl (C=O) groups is 1. The van der Waals surface area contributed by atoms with Crippen LogP contribution < -0.4 is 10.6 Å². The maximum atomic E-state index is 12.5. The van der Waals surface area contributed by atoms with Gasteiger partial charge in [0.05, 0.1) is 17.9 Å². The third-order valence-corrected chi connectivity index (χ3v) is 4.16. The molecule has 25 heavy (non-hydrogen) atoms. The number of nitrogens with one attached hydrogen (secondary N) is 2. The first-order valence-corrected chi connectivity index (χ1v) is 8.30. The minimum absolute atomic E-state index is 0.0381. The Balaban J connectivity index is 1.69. The summed E-state index contributed by atoms with van der Waals surface area (Å²) in [5.74, 6) is 0. The van der Waals surface area contributed by atoms with Crippen LogP contribution in [-0.2, 0) is 6.54 Å². The van der Waals surface area contributed by atoms with Gasteiger partial charge in [0.25, 0.3) is 0 Å². The van der Waals surface area contributed by atoms with Crippen molar-refractivity contribution in [2.45, 2.75) is 33.4 Å². The molecule has 0 fully saturated rings. The van der Waals surface area contributed by atoms with Crippen molar-refractivity contribution in [1.29, 1.82) is 0 Å². The van der Waals surface area contributed by atoms with E-state index in [2.05, 4.69) is 41.4 Å². The Kier molecular flexibility index (Phi) is 4.70. The average molecular weight is 337 g/mol. The van der Waals surface area contributed by atoms with E-state index in [-0.39, 0.29) is 17.5 Å². The minimum Gasteiger partial charge on any atom is -0.335 e. The van der Waals surface area contributed by atoms with Crippen LogP contribution in [0.15, 0.2) is 55.2 Å². The molecule has 3 aromatic rings. The van der Waals surface area contributed by atoms with Crippen LogP contribution in [0.4, 0.5) is 10.5 Å². The molecule has 6 heteroatoms. The zero-order valence-corrected chi connectivity index (χ0v) is 14.7. The SMILES string of the molecule is CC(C)(C)C(Cn1ccnc1)NC(=O)Nc1ccc2ncccc2c1. The van der Waals surface area contributed by atoms with Gasteiger partial charge in [0, 0.05) is 36.2 Å². The van der Waals surface area contributed by atoms with Crippen molar-refractivity contribution in [2.24, 2.45) is 5.41 Å². The molecule has 1 atom stereocenters. The lowest BCUT2D eigenvalue weighted by Crippen LogP contribution is -2.47. The molecule has 2 amide bonds. The number of nitrogens with zero attached hydrogens (tertiary/aromatic N) is 3. The monoisotopic (exact) mass is 337 g/mol. The minimum atomic E-state index is -0.219. The maximum absolute atomic E-state index is 12.5. The fourth-order valence-electron chi connectivity index (χ4n) is 2.62. The zero-order chi connectivity index (χ0) is 17.9. The maximum Gasteiger partial charge on any atom is 0.319 e. The first kappa shape index (κ1) is 17.0. The summed E-state index contributed by atoms with van der Waals surface area (Å²) in [4.78, 5) is 20.8.